The van der Waals surface area contributed by atoms with Crippen molar-refractivity contribution in [3.8, 4) is 28.5 Å². The van der Waals surface area contributed by atoms with Gasteiger partial charge in [-0.3, -0.25) is 9.97 Å². The molecule has 4 rings (SSSR count). The van der Waals surface area contributed by atoms with Crippen LogP contribution in [0.5, 0.6) is 5.75 Å². The van der Waals surface area contributed by atoms with Gasteiger partial charge in [-0.2, -0.15) is 0 Å². The van der Waals surface area contributed by atoms with Crippen molar-refractivity contribution in [1.29, 1.82) is 0 Å². The molecule has 0 spiro atoms. The number of anilines is 2. The second-order valence-corrected chi connectivity index (χ2v) is 7.69. The molecule has 6 heteroatoms. The fraction of sp³-hybridized carbons (Fsp3) is 0.375. The molecule has 1 aliphatic rings. The van der Waals surface area contributed by atoms with Crippen LogP contribution in [0.25, 0.3) is 22.8 Å². The van der Waals surface area contributed by atoms with Crippen LogP contribution in [0.2, 0.25) is 0 Å². The summed E-state index contributed by atoms with van der Waals surface area (Å²) in [4.78, 5) is 18.7. The van der Waals surface area contributed by atoms with E-state index in [0.717, 1.165) is 60.3 Å². The van der Waals surface area contributed by atoms with Gasteiger partial charge in [-0.25, -0.2) is 4.98 Å². The van der Waals surface area contributed by atoms with E-state index in [1.54, 1.807) is 7.11 Å². The largest absolute Gasteiger partial charge is 0.497 e. The van der Waals surface area contributed by atoms with Crippen LogP contribution >= 0.6 is 0 Å². The summed E-state index contributed by atoms with van der Waals surface area (Å²) in [5.41, 5.74) is 5.57. The minimum absolute atomic E-state index is 0.748. The Morgan fingerprint density at radius 2 is 1.60 bits per heavy atom. The highest BCUT2D eigenvalue weighted by Gasteiger charge is 2.15. The van der Waals surface area contributed by atoms with E-state index in [9.17, 15) is 0 Å². The number of rotatable bonds is 7. The van der Waals surface area contributed by atoms with Gasteiger partial charge in [0.15, 0.2) is 0 Å². The average Bonchev–Trinajstić information content (AvgIpc) is 3.34. The summed E-state index contributed by atoms with van der Waals surface area (Å²) >= 11 is 0. The van der Waals surface area contributed by atoms with Gasteiger partial charge >= 0.3 is 0 Å². The third-order valence-electron chi connectivity index (χ3n) is 5.52. The number of aromatic nitrogens is 3. The summed E-state index contributed by atoms with van der Waals surface area (Å²) in [5, 5.41) is 0. The van der Waals surface area contributed by atoms with Crippen molar-refractivity contribution in [2.75, 3.05) is 43.6 Å². The lowest BCUT2D eigenvalue weighted by atomic mass is 10.1. The van der Waals surface area contributed by atoms with Crippen molar-refractivity contribution in [2.24, 2.45) is 0 Å². The predicted octanol–water partition coefficient (Wildman–Crippen LogP) is 4.66. The molecule has 30 heavy (non-hydrogen) atoms. The molecule has 1 saturated heterocycles. The maximum absolute atomic E-state index is 5.57. The van der Waals surface area contributed by atoms with Gasteiger partial charge in [0.2, 0.25) is 0 Å². The Morgan fingerprint density at radius 3 is 2.27 bits per heavy atom. The second-order valence-electron chi connectivity index (χ2n) is 7.69. The summed E-state index contributed by atoms with van der Waals surface area (Å²) in [6.07, 6.45) is 7.28. The van der Waals surface area contributed by atoms with Crippen molar-refractivity contribution in [1.82, 2.24) is 15.0 Å². The standard InChI is InChI=1S/C24H29N5O/c1-4-11-28(2)18-7-9-25-21(14-18)23-16-20(30-3)17-24(27-23)22-15-19(8-10-26-22)29-12-5-6-13-29/h7-10,14-17H,4-6,11-13H2,1-3H3. The minimum Gasteiger partial charge on any atom is -0.497 e. The Labute approximate surface area is 178 Å². The number of hydrogen-bond donors (Lipinski definition) is 0. The van der Waals surface area contributed by atoms with Crippen LogP contribution in [0.3, 0.4) is 0 Å². The van der Waals surface area contributed by atoms with E-state index in [0.29, 0.717) is 0 Å². The minimum atomic E-state index is 0.748. The van der Waals surface area contributed by atoms with Gasteiger partial charge in [0, 0.05) is 62.6 Å². The topological polar surface area (TPSA) is 54.4 Å². The monoisotopic (exact) mass is 403 g/mol. The molecule has 6 nitrogen and oxygen atoms in total. The summed E-state index contributed by atoms with van der Waals surface area (Å²) in [6, 6.07) is 12.2. The molecular weight excluding hydrogens is 374 g/mol. The van der Waals surface area contributed by atoms with E-state index in [2.05, 4.69) is 51.9 Å². The number of methoxy groups -OCH3 is 1. The first-order valence-corrected chi connectivity index (χ1v) is 10.6. The Morgan fingerprint density at radius 1 is 0.933 bits per heavy atom. The van der Waals surface area contributed by atoms with Gasteiger partial charge in [0.25, 0.3) is 0 Å². The molecule has 0 bridgehead atoms. The molecule has 3 aromatic heterocycles. The van der Waals surface area contributed by atoms with Gasteiger partial charge in [-0.05, 0) is 43.5 Å². The van der Waals surface area contributed by atoms with Gasteiger partial charge in [-0.15, -0.1) is 0 Å². The zero-order valence-corrected chi connectivity index (χ0v) is 18.0. The third kappa shape index (κ3) is 4.37. The summed E-state index contributed by atoms with van der Waals surface area (Å²) in [7, 11) is 3.77. The molecule has 0 unspecified atom stereocenters. The quantitative estimate of drug-likeness (QED) is 0.572. The lowest BCUT2D eigenvalue weighted by molar-refractivity contribution is 0.414. The molecule has 1 fully saturated rings. The normalized spacial score (nSPS) is 13.5. The fourth-order valence-electron chi connectivity index (χ4n) is 3.88. The van der Waals surface area contributed by atoms with Gasteiger partial charge in [0.05, 0.1) is 29.9 Å². The van der Waals surface area contributed by atoms with Crippen molar-refractivity contribution >= 4 is 11.4 Å². The molecule has 0 radical (unpaired) electrons. The lowest BCUT2D eigenvalue weighted by Gasteiger charge is -2.19. The molecule has 0 atom stereocenters. The lowest BCUT2D eigenvalue weighted by Crippen LogP contribution is -2.17. The van der Waals surface area contributed by atoms with E-state index < -0.39 is 0 Å². The molecule has 4 heterocycles. The highest BCUT2D eigenvalue weighted by atomic mass is 16.5. The Hall–Kier alpha value is -3.15. The van der Waals surface area contributed by atoms with Crippen molar-refractivity contribution in [2.45, 2.75) is 26.2 Å². The SMILES string of the molecule is CCCN(C)c1ccnc(-c2cc(OC)cc(-c3cc(N4CCCC4)ccn3)n2)c1. The Kier molecular flexibility index (Phi) is 6.12. The number of ether oxygens (including phenoxy) is 1. The zero-order valence-electron chi connectivity index (χ0n) is 18.0. The van der Waals surface area contributed by atoms with Crippen LogP contribution in [0, 0.1) is 0 Å². The van der Waals surface area contributed by atoms with Gasteiger partial charge in [0.1, 0.15) is 5.75 Å². The van der Waals surface area contributed by atoms with Crippen LogP contribution in [0.15, 0.2) is 48.8 Å². The van der Waals surface area contributed by atoms with E-state index in [4.69, 9.17) is 9.72 Å². The molecule has 0 aromatic carbocycles. The highest BCUT2D eigenvalue weighted by Crippen LogP contribution is 2.30. The molecule has 0 aliphatic carbocycles. The van der Waals surface area contributed by atoms with E-state index >= 15 is 0 Å². The predicted molar refractivity (Wildman–Crippen MR) is 122 cm³/mol. The molecule has 0 N–H and O–H groups in total. The maximum Gasteiger partial charge on any atom is 0.123 e. The van der Waals surface area contributed by atoms with Crippen LogP contribution < -0.4 is 14.5 Å². The molecule has 0 amide bonds. The smallest absolute Gasteiger partial charge is 0.123 e. The molecule has 3 aromatic rings. The van der Waals surface area contributed by atoms with Crippen LogP contribution in [-0.2, 0) is 0 Å². The number of pyridine rings is 3. The first-order chi connectivity index (χ1) is 14.7. The van der Waals surface area contributed by atoms with Gasteiger partial charge in [-0.1, -0.05) is 6.92 Å². The Bertz CT molecular complexity index is 1000. The highest BCUT2D eigenvalue weighted by molar-refractivity contribution is 5.69. The molecule has 1 aliphatic heterocycles. The van der Waals surface area contributed by atoms with Crippen LogP contribution in [-0.4, -0.2) is 48.7 Å². The number of nitrogens with zero attached hydrogens (tertiary/aromatic N) is 5. The van der Waals surface area contributed by atoms with E-state index in [-0.39, 0.29) is 0 Å². The summed E-state index contributed by atoms with van der Waals surface area (Å²) in [6.45, 7) is 5.37. The first-order valence-electron chi connectivity index (χ1n) is 10.6. The average molecular weight is 404 g/mol. The van der Waals surface area contributed by atoms with E-state index in [1.165, 1.54) is 18.5 Å². The van der Waals surface area contributed by atoms with Crippen molar-refractivity contribution in [3.63, 3.8) is 0 Å². The Balaban J connectivity index is 1.71. The maximum atomic E-state index is 5.57. The summed E-state index contributed by atoms with van der Waals surface area (Å²) < 4.78 is 5.57. The molecular formula is C24H29N5O. The van der Waals surface area contributed by atoms with Crippen molar-refractivity contribution < 1.29 is 4.74 Å². The van der Waals surface area contributed by atoms with Crippen LogP contribution in [0.1, 0.15) is 26.2 Å². The number of hydrogen-bond acceptors (Lipinski definition) is 6. The molecule has 0 saturated carbocycles. The van der Waals surface area contributed by atoms with Crippen LogP contribution in [0.4, 0.5) is 11.4 Å². The van der Waals surface area contributed by atoms with Crippen molar-refractivity contribution in [3.05, 3.63) is 48.8 Å². The second kappa shape index (κ2) is 9.11. The van der Waals surface area contributed by atoms with Gasteiger partial charge < -0.3 is 14.5 Å². The fourth-order valence-corrected chi connectivity index (χ4v) is 3.88. The third-order valence-corrected chi connectivity index (χ3v) is 5.52. The first kappa shape index (κ1) is 20.1. The van der Waals surface area contributed by atoms with E-state index in [1.807, 2.05) is 30.6 Å². The zero-order chi connectivity index (χ0) is 20.9. The summed E-state index contributed by atoms with van der Waals surface area (Å²) in [5.74, 6) is 0.748. The molecule has 156 valence electrons.